The van der Waals surface area contributed by atoms with E-state index < -0.39 is 11.9 Å². The molecule has 0 radical (unpaired) electrons. The van der Waals surface area contributed by atoms with Crippen molar-refractivity contribution in [2.45, 2.75) is 32.4 Å². The van der Waals surface area contributed by atoms with Gasteiger partial charge in [0.15, 0.2) is 11.5 Å². The summed E-state index contributed by atoms with van der Waals surface area (Å²) in [5, 5.41) is 0.295. The van der Waals surface area contributed by atoms with E-state index in [1.165, 1.54) is 6.07 Å². The van der Waals surface area contributed by atoms with Gasteiger partial charge in [0.2, 0.25) is 5.91 Å². The number of nitrogens with zero attached hydrogens (tertiary/aromatic N) is 2. The van der Waals surface area contributed by atoms with Crippen LogP contribution in [0.25, 0.3) is 0 Å². The van der Waals surface area contributed by atoms with Gasteiger partial charge in [-0.25, -0.2) is 4.39 Å². The number of anilines is 2. The van der Waals surface area contributed by atoms with E-state index in [2.05, 4.69) is 0 Å². The Labute approximate surface area is 204 Å². The van der Waals surface area contributed by atoms with Crippen molar-refractivity contribution in [1.29, 1.82) is 0 Å². The minimum absolute atomic E-state index is 0.0856. The molecule has 178 valence electrons. The van der Waals surface area contributed by atoms with Crippen molar-refractivity contribution in [2.75, 3.05) is 31.0 Å². The van der Waals surface area contributed by atoms with Crippen LogP contribution in [0.5, 0.6) is 11.5 Å². The van der Waals surface area contributed by atoms with E-state index in [4.69, 9.17) is 21.1 Å². The van der Waals surface area contributed by atoms with E-state index in [1.54, 1.807) is 24.1 Å². The summed E-state index contributed by atoms with van der Waals surface area (Å²) in [6.45, 7) is 3.86. The summed E-state index contributed by atoms with van der Waals surface area (Å²) in [7, 11) is 5.47. The Balaban J connectivity index is 1.93. The standard InChI is InChI=1S/C27H28ClFN2O3/c1-16(2)34-25-15-22-17(12-24(25)33-5)13-26(32)31(20-9-7-19(8-10-20)30(3)4)27(22)21-11-6-18(28)14-23(21)29/h6-12,14-16,27H,13H2,1-5H3/t27-/m0/s1. The fraction of sp³-hybridized carbons (Fsp3) is 0.296. The molecule has 1 aliphatic rings. The van der Waals surface area contributed by atoms with Crippen molar-refractivity contribution in [2.24, 2.45) is 0 Å². The van der Waals surface area contributed by atoms with Crippen LogP contribution in [-0.4, -0.2) is 33.2 Å². The highest BCUT2D eigenvalue weighted by molar-refractivity contribution is 6.30. The van der Waals surface area contributed by atoms with E-state index in [0.717, 1.165) is 16.8 Å². The van der Waals surface area contributed by atoms with Gasteiger partial charge in [-0.2, -0.15) is 0 Å². The van der Waals surface area contributed by atoms with E-state index in [9.17, 15) is 4.79 Å². The van der Waals surface area contributed by atoms with Crippen molar-refractivity contribution >= 4 is 28.9 Å². The smallest absolute Gasteiger partial charge is 0.232 e. The SMILES string of the molecule is COc1cc2c(cc1OC(C)C)[C@H](c1ccc(Cl)cc1F)N(c1ccc(N(C)C)cc1)C(=O)C2. The fourth-order valence-corrected chi connectivity index (χ4v) is 4.46. The molecule has 1 amide bonds. The van der Waals surface area contributed by atoms with Crippen LogP contribution in [0.1, 0.15) is 36.6 Å². The summed E-state index contributed by atoms with van der Waals surface area (Å²) in [6, 6.07) is 15.2. The number of hydrogen-bond acceptors (Lipinski definition) is 4. The maximum atomic E-state index is 15.3. The maximum absolute atomic E-state index is 15.3. The molecule has 1 aliphatic heterocycles. The van der Waals surface area contributed by atoms with Gasteiger partial charge in [-0.1, -0.05) is 17.7 Å². The molecule has 0 aliphatic carbocycles. The van der Waals surface area contributed by atoms with Crippen LogP contribution >= 0.6 is 11.6 Å². The van der Waals surface area contributed by atoms with Crippen LogP contribution < -0.4 is 19.3 Å². The Hall–Kier alpha value is -3.25. The van der Waals surface area contributed by atoms with Crippen LogP contribution in [0.15, 0.2) is 54.6 Å². The van der Waals surface area contributed by atoms with Crippen molar-refractivity contribution in [3.8, 4) is 11.5 Å². The molecular weight excluding hydrogens is 455 g/mol. The van der Waals surface area contributed by atoms with Gasteiger partial charge >= 0.3 is 0 Å². The summed E-state index contributed by atoms with van der Waals surface area (Å²) < 4.78 is 26.8. The first-order valence-electron chi connectivity index (χ1n) is 11.1. The maximum Gasteiger partial charge on any atom is 0.232 e. The van der Waals surface area contributed by atoms with Gasteiger partial charge in [-0.3, -0.25) is 4.79 Å². The molecule has 3 aromatic carbocycles. The Kier molecular flexibility index (Phi) is 6.71. The molecule has 0 aromatic heterocycles. The van der Waals surface area contributed by atoms with Crippen molar-refractivity contribution in [3.05, 3.63) is 82.1 Å². The Morgan fingerprint density at radius 3 is 2.32 bits per heavy atom. The summed E-state index contributed by atoms with van der Waals surface area (Å²) in [4.78, 5) is 17.1. The molecule has 5 nitrogen and oxygen atoms in total. The van der Waals surface area contributed by atoms with Crippen molar-refractivity contribution in [1.82, 2.24) is 0 Å². The third kappa shape index (κ3) is 4.55. The number of hydrogen-bond donors (Lipinski definition) is 0. The zero-order valence-electron chi connectivity index (χ0n) is 19.9. The second-order valence-corrected chi connectivity index (χ2v) is 9.22. The van der Waals surface area contributed by atoms with Crippen molar-refractivity contribution < 1.29 is 18.7 Å². The average molecular weight is 483 g/mol. The molecule has 1 atom stereocenters. The number of halogens is 2. The second kappa shape index (κ2) is 9.55. The minimum atomic E-state index is -0.695. The van der Waals surface area contributed by atoms with Gasteiger partial charge in [0, 0.05) is 36.1 Å². The number of carbonyl (C=O) groups is 1. The quantitative estimate of drug-likeness (QED) is 0.431. The summed E-state index contributed by atoms with van der Waals surface area (Å²) in [5.41, 5.74) is 3.60. The molecule has 0 saturated heterocycles. The highest BCUT2D eigenvalue weighted by Crippen LogP contribution is 2.44. The first-order valence-corrected chi connectivity index (χ1v) is 11.5. The van der Waals surface area contributed by atoms with E-state index in [1.807, 2.05) is 69.2 Å². The third-order valence-electron chi connectivity index (χ3n) is 5.85. The molecule has 0 bridgehead atoms. The number of methoxy groups -OCH3 is 1. The number of benzene rings is 3. The molecule has 1 heterocycles. The number of amides is 1. The Morgan fingerprint density at radius 2 is 1.74 bits per heavy atom. The Bertz CT molecular complexity index is 1210. The zero-order valence-corrected chi connectivity index (χ0v) is 20.7. The first-order chi connectivity index (χ1) is 16.2. The molecule has 0 saturated carbocycles. The molecule has 0 unspecified atom stereocenters. The summed E-state index contributed by atoms with van der Waals surface area (Å²) >= 11 is 6.05. The number of rotatable bonds is 6. The number of carbonyl (C=O) groups excluding carboxylic acids is 1. The molecule has 34 heavy (non-hydrogen) atoms. The predicted octanol–water partition coefficient (Wildman–Crippen LogP) is 6.02. The monoisotopic (exact) mass is 482 g/mol. The van der Waals surface area contributed by atoms with Crippen LogP contribution in [0.2, 0.25) is 5.02 Å². The van der Waals surface area contributed by atoms with E-state index in [0.29, 0.717) is 27.8 Å². The van der Waals surface area contributed by atoms with E-state index in [-0.39, 0.29) is 18.4 Å². The van der Waals surface area contributed by atoms with E-state index >= 15 is 4.39 Å². The molecule has 7 heteroatoms. The Morgan fingerprint density at radius 1 is 1.03 bits per heavy atom. The van der Waals surface area contributed by atoms with Gasteiger partial charge in [0.25, 0.3) is 0 Å². The lowest BCUT2D eigenvalue weighted by Gasteiger charge is -2.38. The normalized spacial score (nSPS) is 15.4. The zero-order chi connectivity index (χ0) is 24.6. The average Bonchev–Trinajstić information content (AvgIpc) is 2.78. The van der Waals surface area contributed by atoms with Gasteiger partial charge < -0.3 is 19.3 Å². The van der Waals surface area contributed by atoms with Crippen molar-refractivity contribution in [3.63, 3.8) is 0 Å². The molecule has 3 aromatic rings. The van der Waals surface area contributed by atoms with Gasteiger partial charge in [-0.05, 0) is 73.5 Å². The lowest BCUT2D eigenvalue weighted by Crippen LogP contribution is -2.41. The highest BCUT2D eigenvalue weighted by atomic mass is 35.5. The molecule has 0 spiro atoms. The largest absolute Gasteiger partial charge is 0.493 e. The van der Waals surface area contributed by atoms with Crippen LogP contribution in [0.4, 0.5) is 15.8 Å². The lowest BCUT2D eigenvalue weighted by molar-refractivity contribution is -0.118. The fourth-order valence-electron chi connectivity index (χ4n) is 4.30. The number of ether oxygens (including phenoxy) is 2. The first kappa shape index (κ1) is 23.9. The van der Waals surface area contributed by atoms with Crippen LogP contribution in [0, 0.1) is 5.82 Å². The minimum Gasteiger partial charge on any atom is -0.493 e. The molecule has 4 rings (SSSR count). The molecule has 0 fully saturated rings. The highest BCUT2D eigenvalue weighted by Gasteiger charge is 2.37. The summed E-state index contributed by atoms with van der Waals surface area (Å²) in [6.07, 6.45) is 0.0759. The summed E-state index contributed by atoms with van der Waals surface area (Å²) in [5.74, 6) is 0.478. The molecular formula is C27H28ClFN2O3. The number of fused-ring (bicyclic) bond motifs is 1. The second-order valence-electron chi connectivity index (χ2n) is 8.79. The third-order valence-corrected chi connectivity index (χ3v) is 6.09. The van der Waals surface area contributed by atoms with Crippen LogP contribution in [0.3, 0.4) is 0 Å². The topological polar surface area (TPSA) is 42.0 Å². The molecule has 0 N–H and O–H groups in total. The van der Waals surface area contributed by atoms with Gasteiger partial charge in [0.1, 0.15) is 5.82 Å². The predicted molar refractivity (Wildman–Crippen MR) is 134 cm³/mol. The van der Waals surface area contributed by atoms with Gasteiger partial charge in [-0.15, -0.1) is 0 Å². The lowest BCUT2D eigenvalue weighted by atomic mass is 9.86. The van der Waals surface area contributed by atoms with Crippen LogP contribution in [-0.2, 0) is 11.2 Å². The van der Waals surface area contributed by atoms with Gasteiger partial charge in [0.05, 0.1) is 25.7 Å².